The quantitative estimate of drug-likeness (QED) is 0.794. The molecule has 0 atom stereocenters. The maximum atomic E-state index is 5.14. The fourth-order valence-corrected chi connectivity index (χ4v) is 4.21. The van der Waals surface area contributed by atoms with Gasteiger partial charge in [-0.2, -0.15) is 0 Å². The summed E-state index contributed by atoms with van der Waals surface area (Å²) in [5.41, 5.74) is 1.50. The molecule has 0 N–H and O–H groups in total. The molecule has 0 aliphatic heterocycles. The van der Waals surface area contributed by atoms with E-state index in [2.05, 4.69) is 16.9 Å². The zero-order valence-corrected chi connectivity index (χ0v) is 13.2. The molecular formula is C15H21N3OS. The minimum atomic E-state index is 0.791. The van der Waals surface area contributed by atoms with Gasteiger partial charge in [-0.25, -0.2) is 9.97 Å². The first-order valence-electron chi connectivity index (χ1n) is 7.19. The van der Waals surface area contributed by atoms with Crippen LogP contribution in [0.1, 0.15) is 29.1 Å². The molecule has 0 amide bonds. The first kappa shape index (κ1) is 13.8. The highest BCUT2D eigenvalue weighted by atomic mass is 32.1. The van der Waals surface area contributed by atoms with Gasteiger partial charge in [0, 0.05) is 32.2 Å². The number of ether oxygens (including phenoxy) is 1. The highest BCUT2D eigenvalue weighted by molar-refractivity contribution is 7.19. The first-order valence-corrected chi connectivity index (χ1v) is 8.01. The highest BCUT2D eigenvalue weighted by Gasteiger charge is 2.23. The number of methoxy groups -OCH3 is 1. The van der Waals surface area contributed by atoms with Crippen molar-refractivity contribution >= 4 is 27.4 Å². The number of aryl methyl sites for hydroxylation is 3. The van der Waals surface area contributed by atoms with Gasteiger partial charge in [-0.1, -0.05) is 0 Å². The van der Waals surface area contributed by atoms with Crippen molar-refractivity contribution in [3.8, 4) is 0 Å². The summed E-state index contributed by atoms with van der Waals surface area (Å²) in [6.07, 6.45) is 4.69. The number of rotatable bonds is 5. The van der Waals surface area contributed by atoms with Gasteiger partial charge in [-0.15, -0.1) is 11.3 Å². The predicted octanol–water partition coefficient (Wildman–Crippen LogP) is 2.96. The standard InChI is InChI=1S/C15H21N3OS/c1-10-16-14(18(2)8-5-9-19-3)13-11-6-4-7-12(11)20-15(13)17-10/h4-9H2,1-3H3. The van der Waals surface area contributed by atoms with Crippen LogP contribution < -0.4 is 4.90 Å². The lowest BCUT2D eigenvalue weighted by molar-refractivity contribution is 0.196. The van der Waals surface area contributed by atoms with Crippen LogP contribution in [0, 0.1) is 6.92 Å². The van der Waals surface area contributed by atoms with Crippen LogP contribution in [0.25, 0.3) is 10.2 Å². The average molecular weight is 291 g/mol. The maximum absolute atomic E-state index is 5.14. The third-order valence-electron chi connectivity index (χ3n) is 3.86. The van der Waals surface area contributed by atoms with Crippen LogP contribution >= 0.6 is 11.3 Å². The summed E-state index contributed by atoms with van der Waals surface area (Å²) in [6.45, 7) is 3.74. The lowest BCUT2D eigenvalue weighted by Gasteiger charge is -2.19. The molecule has 4 nitrogen and oxygen atoms in total. The van der Waals surface area contributed by atoms with Crippen molar-refractivity contribution in [1.82, 2.24) is 9.97 Å². The summed E-state index contributed by atoms with van der Waals surface area (Å²) in [5, 5.41) is 1.30. The molecule has 3 rings (SSSR count). The van der Waals surface area contributed by atoms with Crippen molar-refractivity contribution in [2.45, 2.75) is 32.6 Å². The fourth-order valence-electron chi connectivity index (χ4n) is 2.91. The van der Waals surface area contributed by atoms with E-state index in [1.807, 2.05) is 18.3 Å². The summed E-state index contributed by atoms with van der Waals surface area (Å²) in [7, 11) is 3.87. The Morgan fingerprint density at radius 1 is 1.30 bits per heavy atom. The van der Waals surface area contributed by atoms with Crippen molar-refractivity contribution in [3.63, 3.8) is 0 Å². The van der Waals surface area contributed by atoms with E-state index in [4.69, 9.17) is 9.72 Å². The molecule has 5 heteroatoms. The molecule has 2 aromatic heterocycles. The summed E-state index contributed by atoms with van der Waals surface area (Å²) in [6, 6.07) is 0. The Kier molecular flexibility index (Phi) is 3.89. The van der Waals surface area contributed by atoms with Crippen LogP contribution in [-0.2, 0) is 17.6 Å². The molecule has 0 unspecified atom stereocenters. The lowest BCUT2D eigenvalue weighted by atomic mass is 10.2. The van der Waals surface area contributed by atoms with Gasteiger partial charge >= 0.3 is 0 Å². The SMILES string of the molecule is COCCCN(C)c1nc(C)nc2sc3c(c12)CCC3. The Hall–Kier alpha value is -1.20. The zero-order chi connectivity index (χ0) is 14.1. The number of hydrogen-bond acceptors (Lipinski definition) is 5. The molecule has 0 bridgehead atoms. The average Bonchev–Trinajstić information content (AvgIpc) is 2.97. The second-order valence-corrected chi connectivity index (χ2v) is 6.48. The van der Waals surface area contributed by atoms with Gasteiger partial charge in [0.05, 0.1) is 5.39 Å². The van der Waals surface area contributed by atoms with Crippen molar-refractivity contribution in [1.29, 1.82) is 0 Å². The minimum Gasteiger partial charge on any atom is -0.385 e. The number of nitrogens with zero attached hydrogens (tertiary/aromatic N) is 3. The Morgan fingerprint density at radius 2 is 2.15 bits per heavy atom. The van der Waals surface area contributed by atoms with E-state index in [0.29, 0.717) is 0 Å². The Bertz CT molecular complexity index is 623. The van der Waals surface area contributed by atoms with Crippen molar-refractivity contribution in [2.24, 2.45) is 0 Å². The van der Waals surface area contributed by atoms with Crippen LogP contribution in [0.15, 0.2) is 0 Å². The summed E-state index contributed by atoms with van der Waals surface area (Å²) in [4.78, 5) is 14.3. The normalized spacial score (nSPS) is 13.9. The molecule has 0 saturated heterocycles. The molecule has 2 aromatic rings. The van der Waals surface area contributed by atoms with E-state index in [0.717, 1.165) is 36.0 Å². The van der Waals surface area contributed by atoms with Gasteiger partial charge in [0.2, 0.25) is 0 Å². The molecule has 2 heterocycles. The van der Waals surface area contributed by atoms with E-state index in [1.54, 1.807) is 7.11 Å². The molecule has 0 radical (unpaired) electrons. The van der Waals surface area contributed by atoms with Crippen molar-refractivity contribution in [2.75, 3.05) is 32.2 Å². The Morgan fingerprint density at radius 3 is 2.95 bits per heavy atom. The topological polar surface area (TPSA) is 38.2 Å². The van der Waals surface area contributed by atoms with Crippen LogP contribution in [0.4, 0.5) is 5.82 Å². The van der Waals surface area contributed by atoms with E-state index in [9.17, 15) is 0 Å². The summed E-state index contributed by atoms with van der Waals surface area (Å²) in [5.74, 6) is 1.97. The third kappa shape index (κ3) is 2.40. The molecule has 108 valence electrons. The van der Waals surface area contributed by atoms with Crippen LogP contribution in [0.3, 0.4) is 0 Å². The zero-order valence-electron chi connectivity index (χ0n) is 12.4. The molecule has 0 spiro atoms. The first-order chi connectivity index (χ1) is 9.70. The maximum Gasteiger partial charge on any atom is 0.141 e. The third-order valence-corrected chi connectivity index (χ3v) is 5.05. The van der Waals surface area contributed by atoms with Crippen molar-refractivity contribution < 1.29 is 4.74 Å². The van der Waals surface area contributed by atoms with Gasteiger partial charge < -0.3 is 9.64 Å². The largest absolute Gasteiger partial charge is 0.385 e. The Labute approximate surface area is 123 Å². The Balaban J connectivity index is 2.00. The number of thiophene rings is 1. The van der Waals surface area contributed by atoms with Crippen LogP contribution in [0.5, 0.6) is 0 Å². The molecular weight excluding hydrogens is 270 g/mol. The lowest BCUT2D eigenvalue weighted by Crippen LogP contribution is -2.21. The van der Waals surface area contributed by atoms with Crippen LogP contribution in [0.2, 0.25) is 0 Å². The number of fused-ring (bicyclic) bond motifs is 3. The molecule has 20 heavy (non-hydrogen) atoms. The van der Waals surface area contributed by atoms with Gasteiger partial charge in [-0.05, 0) is 38.2 Å². The predicted molar refractivity (Wildman–Crippen MR) is 83.9 cm³/mol. The summed E-state index contributed by atoms with van der Waals surface area (Å²) >= 11 is 1.86. The van der Waals surface area contributed by atoms with E-state index in [-0.39, 0.29) is 0 Å². The van der Waals surface area contributed by atoms with E-state index >= 15 is 0 Å². The molecule has 0 saturated carbocycles. The minimum absolute atomic E-state index is 0.791. The number of anilines is 1. The second kappa shape index (κ2) is 5.66. The highest BCUT2D eigenvalue weighted by Crippen LogP contribution is 2.40. The summed E-state index contributed by atoms with van der Waals surface area (Å²) < 4.78 is 5.14. The smallest absolute Gasteiger partial charge is 0.141 e. The van der Waals surface area contributed by atoms with Crippen molar-refractivity contribution in [3.05, 3.63) is 16.3 Å². The monoisotopic (exact) mass is 291 g/mol. The second-order valence-electron chi connectivity index (χ2n) is 5.40. The van der Waals surface area contributed by atoms with Gasteiger partial charge in [-0.3, -0.25) is 0 Å². The molecule has 1 aliphatic carbocycles. The number of aromatic nitrogens is 2. The van der Waals surface area contributed by atoms with Crippen LogP contribution in [-0.4, -0.2) is 37.3 Å². The number of hydrogen-bond donors (Lipinski definition) is 0. The van der Waals surface area contributed by atoms with E-state index in [1.165, 1.54) is 35.1 Å². The van der Waals surface area contributed by atoms with Gasteiger partial charge in [0.1, 0.15) is 16.5 Å². The van der Waals surface area contributed by atoms with Gasteiger partial charge in [0.15, 0.2) is 0 Å². The fraction of sp³-hybridized carbons (Fsp3) is 0.600. The molecule has 0 fully saturated rings. The van der Waals surface area contributed by atoms with E-state index < -0.39 is 0 Å². The molecule has 0 aromatic carbocycles. The molecule has 1 aliphatic rings. The van der Waals surface area contributed by atoms with Gasteiger partial charge in [0.25, 0.3) is 0 Å².